The molecular weight excluding hydrogens is 376 g/mol. The van der Waals surface area contributed by atoms with Crippen LogP contribution in [0.1, 0.15) is 53.1 Å². The first-order valence-corrected chi connectivity index (χ1v) is 10.3. The fourth-order valence-electron chi connectivity index (χ4n) is 3.52. The van der Waals surface area contributed by atoms with Crippen molar-refractivity contribution in [1.29, 1.82) is 0 Å². The first-order chi connectivity index (χ1) is 13.5. The molecule has 7 heteroatoms. The van der Waals surface area contributed by atoms with Crippen molar-refractivity contribution in [2.24, 2.45) is 0 Å². The second-order valence-corrected chi connectivity index (χ2v) is 7.97. The van der Waals surface area contributed by atoms with Gasteiger partial charge in [-0.2, -0.15) is 0 Å². The van der Waals surface area contributed by atoms with Crippen LogP contribution in [-0.2, 0) is 9.53 Å². The molecule has 0 radical (unpaired) electrons. The van der Waals surface area contributed by atoms with Gasteiger partial charge in [0.25, 0.3) is 11.8 Å². The van der Waals surface area contributed by atoms with Crippen molar-refractivity contribution in [3.63, 3.8) is 0 Å². The highest BCUT2D eigenvalue weighted by molar-refractivity contribution is 7.12. The molecule has 1 aliphatic rings. The van der Waals surface area contributed by atoms with Crippen molar-refractivity contribution < 1.29 is 19.1 Å². The molecule has 0 saturated carbocycles. The molecule has 0 spiro atoms. The van der Waals surface area contributed by atoms with Gasteiger partial charge in [0, 0.05) is 17.8 Å². The fourth-order valence-corrected chi connectivity index (χ4v) is 4.14. The van der Waals surface area contributed by atoms with E-state index in [4.69, 9.17) is 4.74 Å². The predicted molar refractivity (Wildman–Crippen MR) is 109 cm³/mol. The Morgan fingerprint density at radius 1 is 1.14 bits per heavy atom. The van der Waals surface area contributed by atoms with E-state index in [0.717, 1.165) is 19.3 Å². The summed E-state index contributed by atoms with van der Waals surface area (Å²) in [5.41, 5.74) is 0.786. The van der Waals surface area contributed by atoms with E-state index in [0.29, 0.717) is 10.6 Å². The van der Waals surface area contributed by atoms with Crippen LogP contribution in [0, 0.1) is 0 Å². The van der Waals surface area contributed by atoms with Gasteiger partial charge < -0.3 is 15.0 Å². The largest absolute Gasteiger partial charge is 0.452 e. The third-order valence-electron chi connectivity index (χ3n) is 4.91. The zero-order chi connectivity index (χ0) is 20.1. The Morgan fingerprint density at radius 2 is 1.89 bits per heavy atom. The van der Waals surface area contributed by atoms with Gasteiger partial charge in [0.1, 0.15) is 0 Å². The number of amides is 2. The second kappa shape index (κ2) is 9.01. The molecule has 0 unspecified atom stereocenters. The maximum atomic E-state index is 12.5. The highest BCUT2D eigenvalue weighted by Crippen LogP contribution is 2.22. The van der Waals surface area contributed by atoms with E-state index >= 15 is 0 Å². The topological polar surface area (TPSA) is 75.7 Å². The summed E-state index contributed by atoms with van der Waals surface area (Å²) in [6, 6.07) is 10.4. The molecule has 1 N–H and O–H groups in total. The number of rotatable bonds is 5. The molecule has 6 nitrogen and oxygen atoms in total. The van der Waals surface area contributed by atoms with Gasteiger partial charge in [-0.15, -0.1) is 11.3 Å². The number of nitrogens with zero attached hydrogens (tertiary/aromatic N) is 1. The number of ether oxygens (including phenoxy) is 1. The average molecular weight is 401 g/mol. The van der Waals surface area contributed by atoms with Gasteiger partial charge in [-0.3, -0.25) is 9.59 Å². The van der Waals surface area contributed by atoms with Crippen LogP contribution in [0.4, 0.5) is 5.69 Å². The summed E-state index contributed by atoms with van der Waals surface area (Å²) in [6.45, 7) is 3.77. The number of nitrogens with one attached hydrogen (secondary N) is 1. The molecule has 1 fully saturated rings. The summed E-state index contributed by atoms with van der Waals surface area (Å²) in [6.07, 6.45) is 3.04. The van der Waals surface area contributed by atoms with Crippen LogP contribution in [-0.4, -0.2) is 41.4 Å². The van der Waals surface area contributed by atoms with Gasteiger partial charge >= 0.3 is 5.97 Å². The van der Waals surface area contributed by atoms with E-state index in [2.05, 4.69) is 5.32 Å². The number of piperidine rings is 1. The number of esters is 1. The molecule has 2 amide bonds. The molecule has 1 aromatic heterocycles. The molecule has 2 heterocycles. The smallest absolute Gasteiger partial charge is 0.338 e. The molecule has 1 saturated heterocycles. The highest BCUT2D eigenvalue weighted by atomic mass is 32.1. The molecule has 148 valence electrons. The van der Waals surface area contributed by atoms with Crippen LogP contribution < -0.4 is 5.32 Å². The minimum atomic E-state index is -0.585. The van der Waals surface area contributed by atoms with Crippen molar-refractivity contribution in [2.45, 2.75) is 45.2 Å². The van der Waals surface area contributed by atoms with E-state index in [1.54, 1.807) is 36.4 Å². The summed E-state index contributed by atoms with van der Waals surface area (Å²) in [4.78, 5) is 39.4. The van der Waals surface area contributed by atoms with Crippen LogP contribution in [0.25, 0.3) is 0 Å². The van der Waals surface area contributed by atoms with Gasteiger partial charge in [-0.25, -0.2) is 4.79 Å². The molecule has 2 aromatic rings. The van der Waals surface area contributed by atoms with Gasteiger partial charge in [0.2, 0.25) is 0 Å². The van der Waals surface area contributed by atoms with Crippen LogP contribution in [0.3, 0.4) is 0 Å². The van der Waals surface area contributed by atoms with Crippen LogP contribution in [0.2, 0.25) is 0 Å². The third kappa shape index (κ3) is 4.78. The summed E-state index contributed by atoms with van der Waals surface area (Å²) < 4.78 is 5.23. The lowest BCUT2D eigenvalue weighted by molar-refractivity contribution is -0.140. The highest BCUT2D eigenvalue weighted by Gasteiger charge is 2.29. The van der Waals surface area contributed by atoms with Crippen LogP contribution in [0.5, 0.6) is 0 Å². The normalized spacial score (nSPS) is 19.1. The monoisotopic (exact) mass is 400 g/mol. The molecule has 0 aliphatic carbocycles. The average Bonchev–Trinajstić information content (AvgIpc) is 3.21. The Hall–Kier alpha value is -2.67. The number of hydrogen-bond acceptors (Lipinski definition) is 5. The zero-order valence-corrected chi connectivity index (χ0v) is 16.8. The molecule has 0 bridgehead atoms. The number of thiophene rings is 1. The van der Waals surface area contributed by atoms with Gasteiger partial charge in [-0.05, 0) is 62.8 Å². The van der Waals surface area contributed by atoms with Gasteiger partial charge in [0.05, 0.1) is 10.4 Å². The number of likely N-dealkylation sites (tertiary alicyclic amines) is 1. The van der Waals surface area contributed by atoms with Gasteiger partial charge in [-0.1, -0.05) is 12.1 Å². The fraction of sp³-hybridized carbons (Fsp3) is 0.381. The lowest BCUT2D eigenvalue weighted by Crippen LogP contribution is -2.49. The second-order valence-electron chi connectivity index (χ2n) is 7.02. The Balaban J connectivity index is 1.58. The Bertz CT molecular complexity index is 840. The van der Waals surface area contributed by atoms with Crippen molar-refractivity contribution in [3.8, 4) is 0 Å². The summed E-state index contributed by atoms with van der Waals surface area (Å²) >= 11 is 1.34. The number of hydrogen-bond donors (Lipinski definition) is 1. The number of carbonyl (C=O) groups excluding carboxylic acids is 3. The minimum absolute atomic E-state index is 0.158. The molecule has 1 aromatic carbocycles. The van der Waals surface area contributed by atoms with E-state index < -0.39 is 5.97 Å². The molecule has 1 aliphatic heterocycles. The number of anilines is 1. The maximum Gasteiger partial charge on any atom is 0.338 e. The van der Waals surface area contributed by atoms with Crippen molar-refractivity contribution in [3.05, 3.63) is 52.2 Å². The van der Waals surface area contributed by atoms with E-state index in [9.17, 15) is 14.4 Å². The van der Waals surface area contributed by atoms with E-state index in [1.807, 2.05) is 24.1 Å². The zero-order valence-electron chi connectivity index (χ0n) is 16.0. The lowest BCUT2D eigenvalue weighted by atomic mass is 9.97. The maximum absolute atomic E-state index is 12.5. The summed E-state index contributed by atoms with van der Waals surface area (Å²) in [5.74, 6) is -0.989. The SMILES string of the molecule is C[C@H]1CCC[C@H](C)N1C(=O)COC(=O)c1cccc(NC(=O)c2cccs2)c1. The third-order valence-corrected chi connectivity index (χ3v) is 5.78. The molecular formula is C21H24N2O4S. The van der Waals surface area contributed by atoms with Crippen molar-refractivity contribution in [2.75, 3.05) is 11.9 Å². The first-order valence-electron chi connectivity index (χ1n) is 9.39. The summed E-state index contributed by atoms with van der Waals surface area (Å²) in [7, 11) is 0. The van der Waals surface area contributed by atoms with Crippen LogP contribution in [0.15, 0.2) is 41.8 Å². The summed E-state index contributed by atoms with van der Waals surface area (Å²) in [5, 5.41) is 4.58. The first kappa shape index (κ1) is 20.1. The van der Waals surface area contributed by atoms with Crippen molar-refractivity contribution in [1.82, 2.24) is 4.90 Å². The predicted octanol–water partition coefficient (Wildman–Crippen LogP) is 3.95. The Morgan fingerprint density at radius 3 is 2.57 bits per heavy atom. The van der Waals surface area contributed by atoms with E-state index in [1.165, 1.54) is 11.3 Å². The minimum Gasteiger partial charge on any atom is -0.452 e. The number of benzene rings is 1. The molecule has 28 heavy (non-hydrogen) atoms. The van der Waals surface area contributed by atoms with Gasteiger partial charge in [0.15, 0.2) is 6.61 Å². The molecule has 2 atom stereocenters. The number of carbonyl (C=O) groups is 3. The molecule has 3 rings (SSSR count). The quantitative estimate of drug-likeness (QED) is 0.771. The standard InChI is InChI=1S/C21H24N2O4S/c1-14-6-3-7-15(2)23(14)19(24)13-27-21(26)16-8-4-9-17(12-16)22-20(25)18-10-5-11-28-18/h4-5,8-12,14-15H,3,6-7,13H2,1-2H3,(H,22,25)/t14-,15-/m0/s1. The van der Waals surface area contributed by atoms with E-state index in [-0.39, 0.29) is 36.1 Å². The Kier molecular flexibility index (Phi) is 6.46. The Labute approximate surface area is 168 Å². The van der Waals surface area contributed by atoms with Crippen LogP contribution >= 0.6 is 11.3 Å². The van der Waals surface area contributed by atoms with Crippen molar-refractivity contribution >= 4 is 34.8 Å². The lowest BCUT2D eigenvalue weighted by Gasteiger charge is -2.38.